The Hall–Kier alpha value is -3.18. The highest BCUT2D eigenvalue weighted by atomic mass is 19.1. The molecule has 5 heteroatoms. The molecule has 4 rings (SSSR count). The predicted octanol–water partition coefficient (Wildman–Crippen LogP) is 4.25. The van der Waals surface area contributed by atoms with Gasteiger partial charge in [-0.05, 0) is 35.9 Å². The highest BCUT2D eigenvalue weighted by Crippen LogP contribution is 2.27. The smallest absolute Gasteiger partial charge is 0.238 e. The van der Waals surface area contributed by atoms with Crippen LogP contribution in [0.4, 0.5) is 15.8 Å². The lowest BCUT2D eigenvalue weighted by atomic mass is 10.0. The van der Waals surface area contributed by atoms with Crippen LogP contribution in [-0.2, 0) is 4.79 Å². The molecule has 1 amide bonds. The summed E-state index contributed by atoms with van der Waals surface area (Å²) >= 11 is 0. The lowest BCUT2D eigenvalue weighted by Crippen LogP contribution is -2.48. The first-order valence-corrected chi connectivity index (χ1v) is 9.86. The Morgan fingerprint density at radius 3 is 2.21 bits per heavy atom. The normalized spacial score (nSPS) is 14.6. The quantitative estimate of drug-likeness (QED) is 0.709. The zero-order valence-electron chi connectivity index (χ0n) is 16.2. The minimum absolute atomic E-state index is 0.0105. The van der Waals surface area contributed by atoms with Crippen LogP contribution in [0, 0.1) is 5.82 Å². The molecule has 1 fully saturated rings. The van der Waals surface area contributed by atoms with Crippen LogP contribution in [0.25, 0.3) is 11.1 Å². The second-order valence-corrected chi connectivity index (χ2v) is 7.20. The Balaban J connectivity index is 1.34. The van der Waals surface area contributed by atoms with E-state index in [1.54, 1.807) is 12.1 Å². The average Bonchev–Trinajstić information content (AvgIpc) is 2.76. The molecule has 4 nitrogen and oxygen atoms in total. The van der Waals surface area contributed by atoms with Crippen LogP contribution >= 0.6 is 0 Å². The van der Waals surface area contributed by atoms with Gasteiger partial charge in [0.05, 0.1) is 6.54 Å². The number of para-hydroxylation sites is 1. The number of hydrogen-bond acceptors (Lipinski definition) is 3. The monoisotopic (exact) mass is 389 g/mol. The van der Waals surface area contributed by atoms with E-state index in [1.165, 1.54) is 12.1 Å². The summed E-state index contributed by atoms with van der Waals surface area (Å²) in [5.74, 6) is -0.233. The number of nitrogens with one attached hydrogen (secondary N) is 1. The number of benzene rings is 3. The van der Waals surface area contributed by atoms with Crippen molar-refractivity contribution in [1.29, 1.82) is 0 Å². The molecule has 0 unspecified atom stereocenters. The topological polar surface area (TPSA) is 35.6 Å². The molecule has 0 saturated carbocycles. The van der Waals surface area contributed by atoms with E-state index in [-0.39, 0.29) is 11.7 Å². The molecule has 1 N–H and O–H groups in total. The van der Waals surface area contributed by atoms with Crippen LogP contribution in [0.2, 0.25) is 0 Å². The van der Waals surface area contributed by atoms with Crippen molar-refractivity contribution >= 4 is 17.3 Å². The molecule has 3 aromatic rings. The average molecular weight is 389 g/mol. The van der Waals surface area contributed by atoms with E-state index in [1.807, 2.05) is 54.6 Å². The summed E-state index contributed by atoms with van der Waals surface area (Å²) in [4.78, 5) is 17.0. The predicted molar refractivity (Wildman–Crippen MR) is 116 cm³/mol. The van der Waals surface area contributed by atoms with Gasteiger partial charge in [-0.15, -0.1) is 0 Å². The third-order valence-corrected chi connectivity index (χ3v) is 5.22. The Bertz CT molecular complexity index is 951. The highest BCUT2D eigenvalue weighted by molar-refractivity contribution is 5.96. The summed E-state index contributed by atoms with van der Waals surface area (Å²) in [5.41, 5.74) is 3.94. The summed E-state index contributed by atoms with van der Waals surface area (Å²) in [5, 5.41) is 3.07. The molecule has 1 heterocycles. The fourth-order valence-corrected chi connectivity index (χ4v) is 3.67. The molecule has 0 bridgehead atoms. The summed E-state index contributed by atoms with van der Waals surface area (Å²) in [7, 11) is 0. The lowest BCUT2D eigenvalue weighted by Gasteiger charge is -2.35. The number of hydrogen-bond donors (Lipinski definition) is 1. The van der Waals surface area contributed by atoms with Crippen molar-refractivity contribution in [3.8, 4) is 11.1 Å². The zero-order valence-corrected chi connectivity index (χ0v) is 16.2. The molecule has 1 saturated heterocycles. The SMILES string of the molecule is O=C(CN1CCN(c2ccc(F)cc2)CC1)Nc1ccccc1-c1ccccc1. The Morgan fingerprint density at radius 1 is 0.828 bits per heavy atom. The maximum Gasteiger partial charge on any atom is 0.238 e. The van der Waals surface area contributed by atoms with Gasteiger partial charge in [0.2, 0.25) is 5.91 Å². The molecule has 0 aliphatic carbocycles. The van der Waals surface area contributed by atoms with Crippen LogP contribution in [0.5, 0.6) is 0 Å². The van der Waals surface area contributed by atoms with Gasteiger partial charge in [0, 0.05) is 43.1 Å². The number of carbonyl (C=O) groups excluding carboxylic acids is 1. The van der Waals surface area contributed by atoms with Crippen LogP contribution in [0.1, 0.15) is 0 Å². The third-order valence-electron chi connectivity index (χ3n) is 5.22. The number of rotatable bonds is 5. The highest BCUT2D eigenvalue weighted by Gasteiger charge is 2.19. The van der Waals surface area contributed by atoms with Crippen LogP contribution in [0.15, 0.2) is 78.9 Å². The molecule has 29 heavy (non-hydrogen) atoms. The molecule has 148 valence electrons. The van der Waals surface area contributed by atoms with Crippen molar-refractivity contribution in [1.82, 2.24) is 4.90 Å². The summed E-state index contributed by atoms with van der Waals surface area (Å²) in [6.07, 6.45) is 0. The molecule has 0 aromatic heterocycles. The minimum atomic E-state index is -0.222. The molecule has 0 spiro atoms. The van der Waals surface area contributed by atoms with E-state index < -0.39 is 0 Å². The maximum absolute atomic E-state index is 13.1. The summed E-state index contributed by atoms with van der Waals surface area (Å²) < 4.78 is 13.1. The van der Waals surface area contributed by atoms with E-state index in [0.717, 1.165) is 48.7 Å². The van der Waals surface area contributed by atoms with Crippen LogP contribution in [0.3, 0.4) is 0 Å². The van der Waals surface area contributed by atoms with Crippen molar-refractivity contribution in [2.75, 3.05) is 42.9 Å². The van der Waals surface area contributed by atoms with Gasteiger partial charge in [0.15, 0.2) is 0 Å². The van der Waals surface area contributed by atoms with E-state index in [9.17, 15) is 9.18 Å². The first-order chi connectivity index (χ1) is 14.2. The van der Waals surface area contributed by atoms with Crippen molar-refractivity contribution in [3.05, 3.63) is 84.7 Å². The van der Waals surface area contributed by atoms with Gasteiger partial charge >= 0.3 is 0 Å². The second kappa shape index (κ2) is 8.88. The molecular weight excluding hydrogens is 365 g/mol. The Morgan fingerprint density at radius 2 is 1.48 bits per heavy atom. The number of piperazine rings is 1. The number of carbonyl (C=O) groups is 1. The maximum atomic E-state index is 13.1. The number of nitrogens with zero attached hydrogens (tertiary/aromatic N) is 2. The molecular formula is C24H24FN3O. The molecule has 1 aliphatic heterocycles. The Kier molecular flexibility index (Phi) is 5.86. The molecule has 3 aromatic carbocycles. The van der Waals surface area contributed by atoms with Gasteiger partial charge in [0.25, 0.3) is 0 Å². The van der Waals surface area contributed by atoms with E-state index in [2.05, 4.69) is 15.1 Å². The van der Waals surface area contributed by atoms with Crippen molar-refractivity contribution < 1.29 is 9.18 Å². The fourth-order valence-electron chi connectivity index (χ4n) is 3.67. The van der Waals surface area contributed by atoms with E-state index in [0.29, 0.717) is 6.54 Å². The minimum Gasteiger partial charge on any atom is -0.369 e. The molecule has 1 aliphatic rings. The van der Waals surface area contributed by atoms with Gasteiger partial charge in [-0.2, -0.15) is 0 Å². The van der Waals surface area contributed by atoms with Crippen LogP contribution in [-0.4, -0.2) is 43.5 Å². The van der Waals surface area contributed by atoms with Gasteiger partial charge < -0.3 is 10.2 Å². The van der Waals surface area contributed by atoms with Crippen LogP contribution < -0.4 is 10.2 Å². The van der Waals surface area contributed by atoms with Crippen molar-refractivity contribution in [3.63, 3.8) is 0 Å². The molecule has 0 radical (unpaired) electrons. The largest absolute Gasteiger partial charge is 0.369 e. The van der Waals surface area contributed by atoms with Crippen molar-refractivity contribution in [2.45, 2.75) is 0 Å². The standard InChI is InChI=1S/C24H24FN3O/c25-20-10-12-21(13-11-20)28-16-14-27(15-17-28)18-24(29)26-23-9-5-4-8-22(23)19-6-2-1-3-7-19/h1-13H,14-18H2,(H,26,29). The van der Waals surface area contributed by atoms with E-state index >= 15 is 0 Å². The van der Waals surface area contributed by atoms with Crippen molar-refractivity contribution in [2.24, 2.45) is 0 Å². The summed E-state index contributed by atoms with van der Waals surface area (Å²) in [6, 6.07) is 24.5. The first-order valence-electron chi connectivity index (χ1n) is 9.86. The van der Waals surface area contributed by atoms with Gasteiger partial charge in [-0.25, -0.2) is 4.39 Å². The number of halogens is 1. The fraction of sp³-hybridized carbons (Fsp3) is 0.208. The lowest BCUT2D eigenvalue weighted by molar-refractivity contribution is -0.117. The van der Waals surface area contributed by atoms with Gasteiger partial charge in [-0.1, -0.05) is 48.5 Å². The third kappa shape index (κ3) is 4.81. The van der Waals surface area contributed by atoms with E-state index in [4.69, 9.17) is 0 Å². The first kappa shape index (κ1) is 19.2. The molecule has 0 atom stereocenters. The number of amides is 1. The summed E-state index contributed by atoms with van der Waals surface area (Å²) in [6.45, 7) is 3.59. The van der Waals surface area contributed by atoms with Gasteiger partial charge in [-0.3, -0.25) is 9.69 Å². The number of anilines is 2. The second-order valence-electron chi connectivity index (χ2n) is 7.20. The van der Waals surface area contributed by atoms with Gasteiger partial charge in [0.1, 0.15) is 5.82 Å². The zero-order chi connectivity index (χ0) is 20.1. The Labute approximate surface area is 170 Å².